The maximum absolute atomic E-state index is 13.3. The zero-order valence-electron chi connectivity index (χ0n) is 15.8. The molecule has 1 aromatic carbocycles. The van der Waals surface area contributed by atoms with Gasteiger partial charge >= 0.3 is 6.18 Å². The van der Waals surface area contributed by atoms with Crippen LogP contribution in [0.2, 0.25) is 0 Å². The second-order valence-electron chi connectivity index (χ2n) is 6.97. The maximum atomic E-state index is 13.3. The monoisotopic (exact) mass is 417 g/mol. The molecular weight excluding hydrogens is 395 g/mol. The van der Waals surface area contributed by atoms with E-state index in [-0.39, 0.29) is 5.95 Å². The summed E-state index contributed by atoms with van der Waals surface area (Å²) >= 11 is 0. The number of nitrogens with one attached hydrogen (secondary N) is 3. The van der Waals surface area contributed by atoms with Gasteiger partial charge in [0.2, 0.25) is 5.95 Å². The first kappa shape index (κ1) is 21.9. The lowest BCUT2D eigenvalue weighted by atomic mass is 10.0. The van der Waals surface area contributed by atoms with E-state index in [1.807, 2.05) is 0 Å². The van der Waals surface area contributed by atoms with Gasteiger partial charge in [0.15, 0.2) is 0 Å². The van der Waals surface area contributed by atoms with E-state index >= 15 is 0 Å². The molecule has 1 heterocycles. The molecular formula is C17H22F3N5O2S. The fourth-order valence-electron chi connectivity index (χ4n) is 2.07. The summed E-state index contributed by atoms with van der Waals surface area (Å²) in [5.41, 5.74) is -1.88. The van der Waals surface area contributed by atoms with E-state index in [9.17, 15) is 22.5 Å². The molecule has 0 saturated heterocycles. The molecule has 0 aliphatic heterocycles. The van der Waals surface area contributed by atoms with E-state index in [0.29, 0.717) is 16.8 Å². The van der Waals surface area contributed by atoms with Crippen molar-refractivity contribution in [2.45, 2.75) is 43.5 Å². The van der Waals surface area contributed by atoms with Gasteiger partial charge in [0.05, 0.1) is 21.4 Å². The average molecular weight is 417 g/mol. The molecule has 0 bridgehead atoms. The number of aliphatic hydroxyl groups is 1. The molecule has 0 aliphatic carbocycles. The van der Waals surface area contributed by atoms with Crippen molar-refractivity contribution in [2.24, 2.45) is 0 Å². The number of rotatable bonds is 6. The van der Waals surface area contributed by atoms with Crippen molar-refractivity contribution in [3.63, 3.8) is 0 Å². The van der Waals surface area contributed by atoms with Crippen LogP contribution in [-0.4, -0.2) is 37.2 Å². The highest BCUT2D eigenvalue weighted by molar-refractivity contribution is 7.91. The lowest BCUT2D eigenvalue weighted by Crippen LogP contribution is -2.40. The molecule has 2 rings (SSSR count). The van der Waals surface area contributed by atoms with Crippen LogP contribution in [0.25, 0.3) is 0 Å². The Morgan fingerprint density at radius 1 is 1.21 bits per heavy atom. The van der Waals surface area contributed by atoms with E-state index in [1.54, 1.807) is 0 Å². The Labute approximate surface area is 161 Å². The number of benzene rings is 1. The molecule has 0 spiro atoms. The molecule has 1 unspecified atom stereocenters. The maximum Gasteiger partial charge on any atom is 0.421 e. The molecule has 4 N–H and O–H groups in total. The summed E-state index contributed by atoms with van der Waals surface area (Å²) in [4.78, 5) is 7.93. The summed E-state index contributed by atoms with van der Waals surface area (Å²) < 4.78 is 59.0. The topological polar surface area (TPSA) is 111 Å². The largest absolute Gasteiger partial charge is 0.421 e. The summed E-state index contributed by atoms with van der Waals surface area (Å²) in [5.74, 6) is -0.548. The second-order valence-corrected chi connectivity index (χ2v) is 9.13. The molecule has 0 aliphatic rings. The molecule has 11 heteroatoms. The minimum atomic E-state index is -4.67. The molecule has 7 nitrogen and oxygen atoms in total. The van der Waals surface area contributed by atoms with Gasteiger partial charge < -0.3 is 15.7 Å². The summed E-state index contributed by atoms with van der Waals surface area (Å²) in [7, 11) is -2.87. The van der Waals surface area contributed by atoms with Crippen molar-refractivity contribution in [2.75, 3.05) is 16.9 Å². The van der Waals surface area contributed by atoms with Crippen LogP contribution < -0.4 is 10.6 Å². The van der Waals surface area contributed by atoms with Gasteiger partial charge in [-0.3, -0.25) is 0 Å². The van der Waals surface area contributed by atoms with Gasteiger partial charge in [-0.1, -0.05) is 0 Å². The molecule has 28 heavy (non-hydrogen) atoms. The normalized spacial score (nSPS) is 15.6. The Bertz CT molecular complexity index is 939. The van der Waals surface area contributed by atoms with Gasteiger partial charge in [0.1, 0.15) is 11.4 Å². The molecule has 0 radical (unpaired) electrons. The molecule has 0 saturated carbocycles. The van der Waals surface area contributed by atoms with E-state index in [0.717, 1.165) is 0 Å². The third-order valence-corrected chi connectivity index (χ3v) is 5.24. The van der Waals surface area contributed by atoms with Crippen LogP contribution in [0.4, 0.5) is 30.6 Å². The Morgan fingerprint density at radius 3 is 2.25 bits per heavy atom. The highest BCUT2D eigenvalue weighted by Gasteiger charge is 2.36. The van der Waals surface area contributed by atoms with Crippen molar-refractivity contribution in [1.82, 2.24) is 9.97 Å². The highest BCUT2D eigenvalue weighted by atomic mass is 32.2. The molecule has 0 fully saturated rings. The number of alkyl halides is 3. The first-order valence-electron chi connectivity index (χ1n) is 8.22. The molecule has 0 amide bonds. The zero-order chi connectivity index (χ0) is 21.3. The van der Waals surface area contributed by atoms with Crippen molar-refractivity contribution < 1.29 is 22.5 Å². The van der Waals surface area contributed by atoms with E-state index in [2.05, 4.69) is 20.6 Å². The average Bonchev–Trinajstić information content (AvgIpc) is 2.52. The van der Waals surface area contributed by atoms with Crippen LogP contribution in [0.3, 0.4) is 0 Å². The predicted molar refractivity (Wildman–Crippen MR) is 101 cm³/mol. The Hall–Kier alpha value is -2.40. The standard InChI is InChI=1S/C17H22F3N5O2S/c1-10(16(2,3)26)23-14-13(17(18,19)20)9-22-15(25-14)24-11-5-7-12(8-6-11)28(4,21)27/h5-10,21,26H,1-4H3,(H2,22,23,24,25)/t10-,28?/m1/s1. The van der Waals surface area contributed by atoms with Gasteiger partial charge in [-0.05, 0) is 45.0 Å². The van der Waals surface area contributed by atoms with E-state index in [1.165, 1.54) is 51.3 Å². The van der Waals surface area contributed by atoms with Crippen LogP contribution in [0.5, 0.6) is 0 Å². The van der Waals surface area contributed by atoms with E-state index in [4.69, 9.17) is 4.78 Å². The van der Waals surface area contributed by atoms with Crippen molar-refractivity contribution in [1.29, 1.82) is 4.78 Å². The third-order valence-electron chi connectivity index (χ3n) is 4.07. The Morgan fingerprint density at radius 2 is 1.79 bits per heavy atom. The summed E-state index contributed by atoms with van der Waals surface area (Å²) in [6.07, 6.45) is -2.72. The first-order valence-corrected chi connectivity index (χ1v) is 10.2. The van der Waals surface area contributed by atoms with Crippen molar-refractivity contribution in [3.05, 3.63) is 36.0 Å². The van der Waals surface area contributed by atoms with Gasteiger partial charge in [-0.15, -0.1) is 0 Å². The number of anilines is 3. The minimum absolute atomic E-state index is 0.0886. The second kappa shape index (κ2) is 7.55. The number of aromatic nitrogens is 2. The van der Waals surface area contributed by atoms with Crippen LogP contribution in [0.15, 0.2) is 35.4 Å². The lowest BCUT2D eigenvalue weighted by molar-refractivity contribution is -0.137. The fourth-order valence-corrected chi connectivity index (χ4v) is 2.72. The smallest absolute Gasteiger partial charge is 0.388 e. The molecule has 154 valence electrons. The van der Waals surface area contributed by atoms with Gasteiger partial charge in [0, 0.05) is 23.0 Å². The highest BCUT2D eigenvalue weighted by Crippen LogP contribution is 2.35. The Kier molecular flexibility index (Phi) is 5.90. The van der Waals surface area contributed by atoms with Gasteiger partial charge in [0.25, 0.3) is 0 Å². The summed E-state index contributed by atoms with van der Waals surface area (Å²) in [5, 5.41) is 15.4. The quantitative estimate of drug-likeness (QED) is 0.568. The van der Waals surface area contributed by atoms with Gasteiger partial charge in [-0.2, -0.15) is 18.2 Å². The molecule has 2 atom stereocenters. The number of hydrogen-bond donors (Lipinski definition) is 4. The first-order chi connectivity index (χ1) is 12.7. The van der Waals surface area contributed by atoms with Crippen LogP contribution >= 0.6 is 0 Å². The van der Waals surface area contributed by atoms with Gasteiger partial charge in [-0.25, -0.2) is 14.0 Å². The minimum Gasteiger partial charge on any atom is -0.388 e. The Balaban J connectivity index is 2.34. The van der Waals surface area contributed by atoms with Crippen LogP contribution in [0.1, 0.15) is 26.3 Å². The zero-order valence-corrected chi connectivity index (χ0v) is 16.6. The third kappa shape index (κ3) is 5.55. The van der Waals surface area contributed by atoms with Crippen LogP contribution in [-0.2, 0) is 15.9 Å². The van der Waals surface area contributed by atoms with Crippen molar-refractivity contribution >= 4 is 27.2 Å². The number of halogens is 3. The number of hydrogen-bond acceptors (Lipinski definition) is 7. The predicted octanol–water partition coefficient (Wildman–Crippen LogP) is 3.85. The van der Waals surface area contributed by atoms with E-state index < -0.39 is 38.9 Å². The van der Waals surface area contributed by atoms with Crippen LogP contribution in [0, 0.1) is 4.78 Å². The molecule has 2 aromatic rings. The summed E-state index contributed by atoms with van der Waals surface area (Å²) in [6.45, 7) is 4.48. The number of nitrogens with zero attached hydrogens (tertiary/aromatic N) is 2. The summed E-state index contributed by atoms with van der Waals surface area (Å²) in [6, 6.07) is 5.31. The lowest BCUT2D eigenvalue weighted by Gasteiger charge is -2.28. The molecule has 1 aromatic heterocycles. The van der Waals surface area contributed by atoms with Crippen molar-refractivity contribution in [3.8, 4) is 0 Å². The SMILES string of the molecule is C[C@@H](Nc1nc(Nc2ccc(S(C)(=N)=O)cc2)ncc1C(F)(F)F)C(C)(C)O. The fraction of sp³-hybridized carbons (Fsp3) is 0.412.